The Hall–Kier alpha value is -0.823. The van der Waals surface area contributed by atoms with Crippen LogP contribution in [0, 0.1) is 11.8 Å². The SMILES string of the molecule is CC1=CC(C)C([Si](C2=C(C)C(C)=CC2C)(C(C)C)C(C)C)=C1C. The van der Waals surface area contributed by atoms with E-state index in [1.807, 2.05) is 10.4 Å². The zero-order valence-corrected chi connectivity index (χ0v) is 18.0. The first-order chi connectivity index (χ1) is 10.6. The molecule has 0 amide bonds. The summed E-state index contributed by atoms with van der Waals surface area (Å²) in [6.45, 7) is 24.2. The van der Waals surface area contributed by atoms with Crippen molar-refractivity contribution in [1.82, 2.24) is 0 Å². The lowest BCUT2D eigenvalue weighted by Gasteiger charge is -2.46. The molecule has 2 atom stereocenters. The van der Waals surface area contributed by atoms with E-state index in [4.69, 9.17) is 0 Å². The van der Waals surface area contributed by atoms with Gasteiger partial charge in [0.25, 0.3) is 0 Å². The fraction of sp³-hybridized carbons (Fsp3) is 0.636. The van der Waals surface area contributed by atoms with Crippen molar-refractivity contribution in [2.24, 2.45) is 11.8 Å². The third kappa shape index (κ3) is 2.56. The van der Waals surface area contributed by atoms with E-state index in [0.717, 1.165) is 11.1 Å². The van der Waals surface area contributed by atoms with Crippen molar-refractivity contribution >= 4 is 8.07 Å². The van der Waals surface area contributed by atoms with Gasteiger partial charge in [-0.2, -0.15) is 0 Å². The lowest BCUT2D eigenvalue weighted by atomic mass is 10.2. The van der Waals surface area contributed by atoms with Gasteiger partial charge in [-0.15, -0.1) is 0 Å². The van der Waals surface area contributed by atoms with Crippen molar-refractivity contribution in [3.63, 3.8) is 0 Å². The minimum absolute atomic E-state index is 0.611. The molecule has 0 fully saturated rings. The Morgan fingerprint density at radius 3 is 1.17 bits per heavy atom. The summed E-state index contributed by atoms with van der Waals surface area (Å²) in [7, 11) is -1.76. The van der Waals surface area contributed by atoms with Gasteiger partial charge in [0.05, 0.1) is 0 Å². The van der Waals surface area contributed by atoms with Gasteiger partial charge in [-0.1, -0.05) is 86.4 Å². The zero-order chi connectivity index (χ0) is 17.7. The molecular weight excluding hydrogens is 292 g/mol. The predicted molar refractivity (Wildman–Crippen MR) is 107 cm³/mol. The highest BCUT2D eigenvalue weighted by Crippen LogP contribution is 2.54. The molecule has 0 heterocycles. The van der Waals surface area contributed by atoms with Gasteiger partial charge in [-0.05, 0) is 50.6 Å². The number of allylic oxidation sites excluding steroid dienone is 8. The molecule has 0 saturated carbocycles. The summed E-state index contributed by atoms with van der Waals surface area (Å²) in [5, 5.41) is 3.65. The molecule has 0 aromatic carbocycles. The molecule has 0 bridgehead atoms. The van der Waals surface area contributed by atoms with Crippen molar-refractivity contribution in [1.29, 1.82) is 0 Å². The van der Waals surface area contributed by atoms with Crippen LogP contribution in [-0.4, -0.2) is 8.07 Å². The van der Waals surface area contributed by atoms with Gasteiger partial charge in [0.1, 0.15) is 8.07 Å². The molecule has 0 N–H and O–H groups in total. The van der Waals surface area contributed by atoms with Crippen LogP contribution in [0.2, 0.25) is 11.1 Å². The molecular formula is C22H36Si. The van der Waals surface area contributed by atoms with Gasteiger partial charge in [-0.3, -0.25) is 0 Å². The molecule has 0 radical (unpaired) electrons. The third-order valence-electron chi connectivity index (χ3n) is 6.61. The molecule has 0 aliphatic heterocycles. The molecule has 0 aromatic rings. The molecule has 128 valence electrons. The fourth-order valence-electron chi connectivity index (χ4n) is 5.70. The fourth-order valence-corrected chi connectivity index (χ4v) is 13.1. The average Bonchev–Trinajstić information content (AvgIpc) is 2.82. The van der Waals surface area contributed by atoms with Gasteiger partial charge >= 0.3 is 0 Å². The van der Waals surface area contributed by atoms with Crippen LogP contribution in [-0.2, 0) is 0 Å². The van der Waals surface area contributed by atoms with Crippen LogP contribution in [0.25, 0.3) is 0 Å². The maximum Gasteiger partial charge on any atom is 0.116 e. The molecule has 23 heavy (non-hydrogen) atoms. The molecule has 2 rings (SSSR count). The smallest absolute Gasteiger partial charge is 0.0748 e. The lowest BCUT2D eigenvalue weighted by molar-refractivity contribution is 0.811. The highest BCUT2D eigenvalue weighted by molar-refractivity contribution is 6.95. The quantitative estimate of drug-likeness (QED) is 0.480. The van der Waals surface area contributed by atoms with Gasteiger partial charge in [-0.25, -0.2) is 0 Å². The second kappa shape index (κ2) is 6.24. The maximum absolute atomic E-state index is 2.51. The largest absolute Gasteiger partial charge is 0.116 e. The summed E-state index contributed by atoms with van der Waals surface area (Å²) in [4.78, 5) is 0. The molecule has 0 saturated heterocycles. The third-order valence-corrected chi connectivity index (χ3v) is 13.7. The molecule has 2 aliphatic carbocycles. The van der Waals surface area contributed by atoms with Crippen molar-refractivity contribution < 1.29 is 0 Å². The van der Waals surface area contributed by atoms with Crippen LogP contribution < -0.4 is 0 Å². The van der Waals surface area contributed by atoms with Gasteiger partial charge in [0.2, 0.25) is 0 Å². The number of hydrogen-bond donors (Lipinski definition) is 0. The van der Waals surface area contributed by atoms with E-state index in [1.165, 1.54) is 11.1 Å². The van der Waals surface area contributed by atoms with Crippen LogP contribution in [0.4, 0.5) is 0 Å². The molecule has 2 unspecified atom stereocenters. The summed E-state index contributed by atoms with van der Waals surface area (Å²) in [6, 6.07) is 0. The summed E-state index contributed by atoms with van der Waals surface area (Å²) < 4.78 is 0. The molecule has 1 heteroatoms. The van der Waals surface area contributed by atoms with Crippen LogP contribution in [0.1, 0.15) is 69.2 Å². The lowest BCUT2D eigenvalue weighted by Crippen LogP contribution is -2.49. The second-order valence-corrected chi connectivity index (χ2v) is 13.7. The number of hydrogen-bond acceptors (Lipinski definition) is 0. The molecule has 0 aromatic heterocycles. The Morgan fingerprint density at radius 1 is 0.696 bits per heavy atom. The molecule has 0 spiro atoms. The maximum atomic E-state index is 2.51. The first-order valence-electron chi connectivity index (χ1n) is 9.36. The summed E-state index contributed by atoms with van der Waals surface area (Å²) in [5.41, 5.74) is 7.70. The standard InChI is InChI=1S/C22H36Si/c1-13(2)23(14(3)4,21-17(7)11-15(5)19(21)9)22-18(8)12-16(6)20(22)10/h11-14,17-18H,1-10H3. The van der Waals surface area contributed by atoms with E-state index >= 15 is 0 Å². The minimum Gasteiger partial charge on any atom is -0.0748 e. The van der Waals surface area contributed by atoms with Gasteiger partial charge in [0.15, 0.2) is 0 Å². The molecule has 2 aliphatic rings. The Labute approximate surface area is 145 Å². The normalized spacial score (nSPS) is 25.9. The van der Waals surface area contributed by atoms with E-state index in [9.17, 15) is 0 Å². The van der Waals surface area contributed by atoms with E-state index in [1.54, 1.807) is 11.1 Å². The van der Waals surface area contributed by atoms with Crippen LogP contribution in [0.5, 0.6) is 0 Å². The van der Waals surface area contributed by atoms with Crippen molar-refractivity contribution in [2.45, 2.75) is 80.3 Å². The van der Waals surface area contributed by atoms with Crippen molar-refractivity contribution in [3.05, 3.63) is 44.8 Å². The zero-order valence-electron chi connectivity index (χ0n) is 17.0. The highest BCUT2D eigenvalue weighted by atomic mass is 28.3. The monoisotopic (exact) mass is 328 g/mol. The van der Waals surface area contributed by atoms with Crippen LogP contribution >= 0.6 is 0 Å². The Balaban J connectivity index is 2.81. The van der Waals surface area contributed by atoms with Gasteiger partial charge in [0, 0.05) is 0 Å². The Kier molecular flexibility index (Phi) is 5.02. The summed E-state index contributed by atoms with van der Waals surface area (Å²) in [6.07, 6.45) is 5.01. The average molecular weight is 329 g/mol. The first-order valence-corrected chi connectivity index (χ1v) is 11.5. The topological polar surface area (TPSA) is 0 Å². The van der Waals surface area contributed by atoms with Gasteiger partial charge < -0.3 is 0 Å². The Morgan fingerprint density at radius 2 is 1.00 bits per heavy atom. The van der Waals surface area contributed by atoms with E-state index in [2.05, 4.69) is 81.4 Å². The second-order valence-electron chi connectivity index (χ2n) is 8.53. The van der Waals surface area contributed by atoms with Crippen LogP contribution in [0.3, 0.4) is 0 Å². The van der Waals surface area contributed by atoms with Crippen LogP contribution in [0.15, 0.2) is 44.8 Å². The van der Waals surface area contributed by atoms with E-state index in [0.29, 0.717) is 11.8 Å². The van der Waals surface area contributed by atoms with Crippen molar-refractivity contribution in [3.8, 4) is 0 Å². The molecule has 0 nitrogen and oxygen atoms in total. The highest BCUT2D eigenvalue weighted by Gasteiger charge is 2.51. The predicted octanol–water partition coefficient (Wildman–Crippen LogP) is 7.16. The first kappa shape index (κ1) is 18.5. The summed E-state index contributed by atoms with van der Waals surface area (Å²) in [5.74, 6) is 1.22. The van der Waals surface area contributed by atoms with E-state index in [-0.39, 0.29) is 0 Å². The minimum atomic E-state index is -1.76. The van der Waals surface area contributed by atoms with E-state index < -0.39 is 8.07 Å². The Bertz CT molecular complexity index is 566. The number of rotatable bonds is 4. The summed E-state index contributed by atoms with van der Waals surface area (Å²) >= 11 is 0. The van der Waals surface area contributed by atoms with Crippen molar-refractivity contribution in [2.75, 3.05) is 0 Å².